The molecular formula is C15H20O4. The summed E-state index contributed by atoms with van der Waals surface area (Å²) in [4.78, 5) is 36.4. The normalized spacial score (nSPS) is 49.5. The van der Waals surface area contributed by atoms with E-state index in [1.54, 1.807) is 6.92 Å². The molecule has 4 heteroatoms. The van der Waals surface area contributed by atoms with Gasteiger partial charge in [0.25, 0.3) is 0 Å². The molecule has 0 heterocycles. The first-order valence-electron chi connectivity index (χ1n) is 7.06. The molecule has 3 fully saturated rings. The molecule has 0 aromatic rings. The van der Waals surface area contributed by atoms with Crippen molar-refractivity contribution >= 4 is 17.5 Å². The minimum absolute atomic E-state index is 0.0551. The van der Waals surface area contributed by atoms with Crippen molar-refractivity contribution in [2.45, 2.75) is 40.0 Å². The van der Waals surface area contributed by atoms with Crippen molar-refractivity contribution in [3.05, 3.63) is 0 Å². The Morgan fingerprint density at radius 2 is 2.00 bits per heavy atom. The van der Waals surface area contributed by atoms with Gasteiger partial charge in [-0.2, -0.15) is 0 Å². The van der Waals surface area contributed by atoms with Gasteiger partial charge in [-0.25, -0.2) is 0 Å². The molecule has 0 amide bonds. The lowest BCUT2D eigenvalue weighted by Gasteiger charge is -2.40. The van der Waals surface area contributed by atoms with Crippen LogP contribution in [0.15, 0.2) is 0 Å². The van der Waals surface area contributed by atoms with Crippen LogP contribution in [0.3, 0.4) is 0 Å². The highest BCUT2D eigenvalue weighted by molar-refractivity contribution is 6.02. The van der Waals surface area contributed by atoms with Crippen molar-refractivity contribution in [2.24, 2.45) is 34.5 Å². The van der Waals surface area contributed by atoms with E-state index in [-0.39, 0.29) is 34.7 Å². The van der Waals surface area contributed by atoms with Crippen molar-refractivity contribution in [2.75, 3.05) is 0 Å². The van der Waals surface area contributed by atoms with Gasteiger partial charge in [-0.05, 0) is 24.2 Å². The van der Waals surface area contributed by atoms with E-state index in [1.165, 1.54) is 0 Å². The van der Waals surface area contributed by atoms with Gasteiger partial charge >= 0.3 is 5.97 Å². The number of hydrogen-bond acceptors (Lipinski definition) is 3. The minimum atomic E-state index is -0.912. The number of carboxylic acid groups (broad SMARTS) is 1. The van der Waals surface area contributed by atoms with Crippen molar-refractivity contribution in [3.8, 4) is 0 Å². The average Bonchev–Trinajstić information content (AvgIpc) is 2.69. The van der Waals surface area contributed by atoms with E-state index in [0.717, 1.165) is 6.42 Å². The number of carbonyl (C=O) groups excluding carboxylic acids is 2. The second-order valence-electron chi connectivity index (χ2n) is 6.96. The molecule has 6 atom stereocenters. The Balaban J connectivity index is 2.16. The first-order chi connectivity index (χ1) is 8.76. The van der Waals surface area contributed by atoms with Crippen LogP contribution in [0, 0.1) is 34.5 Å². The summed E-state index contributed by atoms with van der Waals surface area (Å²) < 4.78 is 0. The van der Waals surface area contributed by atoms with E-state index in [4.69, 9.17) is 0 Å². The van der Waals surface area contributed by atoms with Gasteiger partial charge < -0.3 is 5.11 Å². The molecule has 3 rings (SSSR count). The summed E-state index contributed by atoms with van der Waals surface area (Å²) in [6, 6.07) is 0. The SMILES string of the molecule is CC1C(=O)C[C@H]2[C@@]3([C@H](C)C(=O)O)CC[C@]2(C)C1C3=O. The van der Waals surface area contributed by atoms with E-state index in [1.807, 2.05) is 6.92 Å². The number of rotatable bonds is 2. The summed E-state index contributed by atoms with van der Waals surface area (Å²) in [6.07, 6.45) is 1.90. The third-order valence-electron chi connectivity index (χ3n) is 6.50. The summed E-state index contributed by atoms with van der Waals surface area (Å²) in [5, 5.41) is 9.37. The fraction of sp³-hybridized carbons (Fsp3) is 0.800. The van der Waals surface area contributed by atoms with E-state index in [9.17, 15) is 19.5 Å². The van der Waals surface area contributed by atoms with Gasteiger partial charge in [0.05, 0.1) is 5.92 Å². The van der Waals surface area contributed by atoms with Crippen molar-refractivity contribution in [1.82, 2.24) is 0 Å². The molecule has 19 heavy (non-hydrogen) atoms. The van der Waals surface area contributed by atoms with E-state index >= 15 is 0 Å². The second kappa shape index (κ2) is 3.47. The predicted molar refractivity (Wildman–Crippen MR) is 67.3 cm³/mol. The zero-order valence-electron chi connectivity index (χ0n) is 11.6. The molecule has 3 aliphatic rings. The molecular weight excluding hydrogens is 244 g/mol. The fourth-order valence-corrected chi connectivity index (χ4v) is 5.41. The molecule has 0 aliphatic heterocycles. The van der Waals surface area contributed by atoms with Gasteiger partial charge in [0.15, 0.2) is 0 Å². The van der Waals surface area contributed by atoms with Crippen LogP contribution in [-0.2, 0) is 14.4 Å². The molecule has 0 spiro atoms. The van der Waals surface area contributed by atoms with Crippen LogP contribution < -0.4 is 0 Å². The summed E-state index contributed by atoms with van der Waals surface area (Å²) >= 11 is 0. The Morgan fingerprint density at radius 1 is 1.37 bits per heavy atom. The van der Waals surface area contributed by atoms with Crippen molar-refractivity contribution < 1.29 is 19.5 Å². The molecule has 4 bridgehead atoms. The molecule has 0 aromatic carbocycles. The van der Waals surface area contributed by atoms with Crippen LogP contribution in [0.2, 0.25) is 0 Å². The molecule has 104 valence electrons. The summed E-state index contributed by atoms with van der Waals surface area (Å²) in [6.45, 7) is 5.57. The van der Waals surface area contributed by atoms with E-state index < -0.39 is 17.3 Å². The van der Waals surface area contributed by atoms with Gasteiger partial charge in [-0.1, -0.05) is 20.8 Å². The maximum Gasteiger partial charge on any atom is 0.307 e. The van der Waals surface area contributed by atoms with Gasteiger partial charge in [-0.3, -0.25) is 14.4 Å². The fourth-order valence-electron chi connectivity index (χ4n) is 5.41. The van der Waals surface area contributed by atoms with Crippen LogP contribution in [-0.4, -0.2) is 22.6 Å². The number of ketones is 2. The Labute approximate surface area is 112 Å². The number of aliphatic carboxylic acids is 1. The lowest BCUT2D eigenvalue weighted by Crippen LogP contribution is -2.43. The van der Waals surface area contributed by atoms with E-state index in [2.05, 4.69) is 6.92 Å². The third kappa shape index (κ3) is 1.18. The molecule has 3 saturated carbocycles. The Hall–Kier alpha value is -1.19. The number of hydrogen-bond donors (Lipinski definition) is 1. The molecule has 0 saturated heterocycles. The first-order valence-corrected chi connectivity index (χ1v) is 7.06. The number of carboxylic acids is 1. The summed E-state index contributed by atoms with van der Waals surface area (Å²) in [7, 11) is 0. The Bertz CT molecular complexity index is 496. The zero-order valence-corrected chi connectivity index (χ0v) is 11.6. The number of carbonyl (C=O) groups is 3. The molecule has 1 N–H and O–H groups in total. The van der Waals surface area contributed by atoms with Crippen LogP contribution in [0.5, 0.6) is 0 Å². The van der Waals surface area contributed by atoms with Gasteiger partial charge in [0.1, 0.15) is 11.6 Å². The Morgan fingerprint density at radius 3 is 2.58 bits per heavy atom. The van der Waals surface area contributed by atoms with Gasteiger partial charge in [0, 0.05) is 23.7 Å². The highest BCUT2D eigenvalue weighted by atomic mass is 16.4. The predicted octanol–water partition coefficient (Wildman–Crippen LogP) is 1.92. The highest BCUT2D eigenvalue weighted by Gasteiger charge is 2.75. The topological polar surface area (TPSA) is 71.4 Å². The maximum absolute atomic E-state index is 12.9. The maximum atomic E-state index is 12.9. The van der Waals surface area contributed by atoms with Crippen LogP contribution in [0.1, 0.15) is 40.0 Å². The van der Waals surface area contributed by atoms with Crippen LogP contribution in [0.4, 0.5) is 0 Å². The van der Waals surface area contributed by atoms with E-state index in [0.29, 0.717) is 12.8 Å². The monoisotopic (exact) mass is 264 g/mol. The highest BCUT2D eigenvalue weighted by Crippen LogP contribution is 2.72. The average molecular weight is 264 g/mol. The summed E-state index contributed by atoms with van der Waals surface area (Å²) in [5.41, 5.74) is -0.945. The van der Waals surface area contributed by atoms with Gasteiger partial charge in [0.2, 0.25) is 0 Å². The number of Topliss-reactive ketones (excluding diaryl/α,β-unsaturated/α-hetero) is 2. The molecule has 3 aliphatic carbocycles. The minimum Gasteiger partial charge on any atom is -0.481 e. The summed E-state index contributed by atoms with van der Waals surface area (Å²) in [5.74, 6) is -1.96. The second-order valence-corrected chi connectivity index (χ2v) is 6.96. The van der Waals surface area contributed by atoms with Crippen LogP contribution >= 0.6 is 0 Å². The Kier molecular flexibility index (Phi) is 2.34. The quantitative estimate of drug-likeness (QED) is 0.827. The zero-order chi connectivity index (χ0) is 14.2. The van der Waals surface area contributed by atoms with Gasteiger partial charge in [-0.15, -0.1) is 0 Å². The largest absolute Gasteiger partial charge is 0.481 e. The lowest BCUT2D eigenvalue weighted by atomic mass is 9.62. The lowest BCUT2D eigenvalue weighted by molar-refractivity contribution is -0.152. The first kappa shape index (κ1) is 12.8. The molecule has 4 nitrogen and oxygen atoms in total. The smallest absolute Gasteiger partial charge is 0.307 e. The standard InChI is InChI=1S/C15H20O4/c1-7-9(16)6-10-14(3)4-5-15(10,8(2)13(18)19)12(17)11(7)14/h7-8,10-11H,4-6H2,1-3H3,(H,18,19)/t7?,8-,10-,11?,14+,15+/m1/s1. The van der Waals surface area contributed by atoms with Crippen molar-refractivity contribution in [1.29, 1.82) is 0 Å². The third-order valence-corrected chi connectivity index (χ3v) is 6.50. The molecule has 0 aromatic heterocycles. The molecule has 0 radical (unpaired) electrons. The van der Waals surface area contributed by atoms with Crippen LogP contribution in [0.25, 0.3) is 0 Å². The molecule has 2 unspecified atom stereocenters. The van der Waals surface area contributed by atoms with Crippen molar-refractivity contribution in [3.63, 3.8) is 0 Å².